The van der Waals surface area contributed by atoms with E-state index >= 15 is 0 Å². The number of benzene rings is 1. The largest absolute Gasteiger partial charge is 0.394 e. The van der Waals surface area contributed by atoms with Crippen LogP contribution in [0.5, 0.6) is 0 Å². The summed E-state index contributed by atoms with van der Waals surface area (Å²) >= 11 is 0. The van der Waals surface area contributed by atoms with Crippen LogP contribution in [0.3, 0.4) is 0 Å². The number of amides is 2. The lowest BCUT2D eigenvalue weighted by atomic mass is 9.78. The van der Waals surface area contributed by atoms with Gasteiger partial charge in [-0.2, -0.15) is 0 Å². The van der Waals surface area contributed by atoms with Crippen molar-refractivity contribution in [1.82, 2.24) is 30.5 Å². The predicted molar refractivity (Wildman–Crippen MR) is 228 cm³/mol. The van der Waals surface area contributed by atoms with Gasteiger partial charge in [0.05, 0.1) is 31.1 Å². The number of rotatable bonds is 18. The molecule has 7 N–H and O–H groups in total. The maximum atomic E-state index is 14.1. The van der Waals surface area contributed by atoms with Gasteiger partial charge in [0.2, 0.25) is 5.91 Å². The number of aromatic nitrogens is 3. The van der Waals surface area contributed by atoms with Crippen LogP contribution < -0.4 is 10.6 Å². The number of likely N-dealkylation sites (tertiary alicyclic amines) is 1. The van der Waals surface area contributed by atoms with Gasteiger partial charge in [-0.15, -0.1) is 5.10 Å². The standard InChI is InChI=1S/C45H68N6O13/c1-25-37(55)39(57)40(58)45(60-25)64-41-31(51-23-30(48-49-51)28-14-8-5-9-15-28)21-29(32(54)16-10-17-46-3)22-33(41)62-44-36(47-26(2)53)42(38(56)35(24-52)63-44)61-34(43(59)50-18-11-19-50)20-27-12-6-4-7-13-27/h5,8-9,14-15,23,25,27,29,31,33-42,44-46,52,55-58H,4,6-7,10-13,16-22,24H2,1-3H3,(H,47,53)/t25?,29?,31?,33-,34+,35+,36?,37-,38+,39+,40?,41-,42?,44-,45+/m1/s1. The molecule has 3 saturated heterocycles. The van der Waals surface area contributed by atoms with Crippen LogP contribution in [0.1, 0.15) is 90.5 Å². The molecule has 19 heteroatoms. The zero-order valence-electron chi connectivity index (χ0n) is 37.1. The van der Waals surface area contributed by atoms with E-state index in [0.717, 1.165) is 44.1 Å². The van der Waals surface area contributed by atoms with E-state index < -0.39 is 104 Å². The molecule has 0 bridgehead atoms. The molecule has 1 aromatic carbocycles. The number of aliphatic hydroxyl groups is 5. The summed E-state index contributed by atoms with van der Waals surface area (Å²) in [5.41, 5.74) is 1.33. The Hall–Kier alpha value is -3.47. The molecule has 3 aliphatic heterocycles. The second-order valence-electron chi connectivity index (χ2n) is 18.3. The fraction of sp³-hybridized carbons (Fsp3) is 0.756. The third kappa shape index (κ3) is 11.4. The van der Waals surface area contributed by atoms with Gasteiger partial charge in [-0.3, -0.25) is 14.4 Å². The number of carbonyl (C=O) groups excluding carboxylic acids is 3. The Bertz CT molecular complexity index is 1820. The van der Waals surface area contributed by atoms with Crippen molar-refractivity contribution in [1.29, 1.82) is 0 Å². The highest BCUT2D eigenvalue weighted by atomic mass is 16.7. The van der Waals surface area contributed by atoms with Crippen LogP contribution in [0, 0.1) is 11.8 Å². The molecule has 2 saturated carbocycles. The number of carbonyl (C=O) groups is 3. The highest BCUT2D eigenvalue weighted by Crippen LogP contribution is 2.42. The Morgan fingerprint density at radius 3 is 2.33 bits per heavy atom. The number of ether oxygens (including phenoxy) is 5. The van der Waals surface area contributed by atoms with E-state index in [0.29, 0.717) is 38.2 Å². The SMILES string of the molecule is CNCCCC(=O)C1CC(n2cc(-c3ccccc3)nn2)[C@@H](O[C@@H]2OC(C)[C@@H](O)[C@H](O)C2O)[C@H](O[C@@H]2O[C@@H](CO)[C@H](O)C(O[C@@H](CC3CCCCC3)C(=O)N3CCC3)C2NC(C)=O)C1. The van der Waals surface area contributed by atoms with Gasteiger partial charge in [-0.25, -0.2) is 4.68 Å². The summed E-state index contributed by atoms with van der Waals surface area (Å²) in [7, 11) is 1.81. The topological polar surface area (TPSA) is 257 Å². The van der Waals surface area contributed by atoms with Gasteiger partial charge in [0.15, 0.2) is 12.6 Å². The number of hydrogen-bond acceptors (Lipinski definition) is 16. The Morgan fingerprint density at radius 1 is 0.906 bits per heavy atom. The molecule has 0 spiro atoms. The lowest BCUT2D eigenvalue weighted by Gasteiger charge is -2.49. The molecular weight excluding hydrogens is 833 g/mol. The van der Waals surface area contributed by atoms with E-state index in [1.54, 1.807) is 15.8 Å². The molecule has 7 rings (SSSR count). The minimum Gasteiger partial charge on any atom is -0.394 e. The van der Waals surface area contributed by atoms with Crippen LogP contribution >= 0.6 is 0 Å². The van der Waals surface area contributed by atoms with Gasteiger partial charge in [-0.05, 0) is 58.5 Å². The van der Waals surface area contributed by atoms with Crippen LogP contribution in [0.4, 0.5) is 0 Å². The Balaban J connectivity index is 1.26. The number of hydrogen-bond donors (Lipinski definition) is 7. The first-order valence-electron chi connectivity index (χ1n) is 23.2. The molecule has 6 unspecified atom stereocenters. The minimum absolute atomic E-state index is 0.0419. The molecule has 19 nitrogen and oxygen atoms in total. The average Bonchev–Trinajstić information content (AvgIpc) is 3.77. The molecule has 5 aliphatic rings. The van der Waals surface area contributed by atoms with Gasteiger partial charge >= 0.3 is 0 Å². The summed E-state index contributed by atoms with van der Waals surface area (Å²) in [6, 6.07) is 7.35. The normalized spacial score (nSPS) is 35.3. The molecule has 15 atom stereocenters. The number of nitrogens with one attached hydrogen (secondary N) is 2. The van der Waals surface area contributed by atoms with Crippen LogP contribution in [0.15, 0.2) is 36.5 Å². The van der Waals surface area contributed by atoms with Crippen molar-refractivity contribution >= 4 is 17.6 Å². The van der Waals surface area contributed by atoms with Crippen molar-refractivity contribution in [3.05, 3.63) is 36.5 Å². The molecule has 4 heterocycles. The monoisotopic (exact) mass is 900 g/mol. The lowest BCUT2D eigenvalue weighted by Crippen LogP contribution is -2.67. The van der Waals surface area contributed by atoms with E-state index in [1.807, 2.05) is 37.4 Å². The fourth-order valence-electron chi connectivity index (χ4n) is 9.90. The maximum Gasteiger partial charge on any atom is 0.251 e. The average molecular weight is 901 g/mol. The first-order valence-corrected chi connectivity index (χ1v) is 23.2. The Morgan fingerprint density at radius 2 is 1.66 bits per heavy atom. The molecule has 1 aromatic heterocycles. The maximum absolute atomic E-state index is 14.1. The third-order valence-electron chi connectivity index (χ3n) is 13.7. The lowest BCUT2D eigenvalue weighted by molar-refractivity contribution is -0.337. The summed E-state index contributed by atoms with van der Waals surface area (Å²) in [6.45, 7) is 3.96. The Labute approximate surface area is 374 Å². The van der Waals surface area contributed by atoms with Gasteiger partial charge < -0.3 is 64.8 Å². The van der Waals surface area contributed by atoms with E-state index in [9.17, 15) is 39.9 Å². The van der Waals surface area contributed by atoms with Crippen molar-refractivity contribution in [2.24, 2.45) is 11.8 Å². The van der Waals surface area contributed by atoms with E-state index in [2.05, 4.69) is 20.9 Å². The molecule has 0 radical (unpaired) electrons. The Kier molecular flexibility index (Phi) is 16.9. The van der Waals surface area contributed by atoms with Gasteiger partial charge in [-0.1, -0.05) is 67.6 Å². The molecule has 2 aromatic rings. The first kappa shape index (κ1) is 48.5. The summed E-state index contributed by atoms with van der Waals surface area (Å²) in [6.07, 6.45) is -6.65. The summed E-state index contributed by atoms with van der Waals surface area (Å²) in [5, 5.41) is 70.0. The van der Waals surface area contributed by atoms with Crippen molar-refractivity contribution in [3.63, 3.8) is 0 Å². The number of aliphatic hydroxyl groups excluding tert-OH is 5. The zero-order valence-corrected chi connectivity index (χ0v) is 37.1. The van der Waals surface area contributed by atoms with Gasteiger partial charge in [0, 0.05) is 37.9 Å². The molecule has 2 amide bonds. The fourth-order valence-corrected chi connectivity index (χ4v) is 9.90. The smallest absolute Gasteiger partial charge is 0.251 e. The second-order valence-corrected chi connectivity index (χ2v) is 18.3. The van der Waals surface area contributed by atoms with Gasteiger partial charge in [0.1, 0.15) is 66.4 Å². The van der Waals surface area contributed by atoms with Crippen LogP contribution in [0.25, 0.3) is 11.3 Å². The summed E-state index contributed by atoms with van der Waals surface area (Å²) in [5.74, 6) is -1.15. The van der Waals surface area contributed by atoms with E-state index in [1.165, 1.54) is 13.8 Å². The predicted octanol–water partition coefficient (Wildman–Crippen LogP) is 0.602. The van der Waals surface area contributed by atoms with Crippen LogP contribution in [-0.2, 0) is 38.1 Å². The number of Topliss-reactive ketones (excluding diaryl/α,β-unsaturated/α-hetero) is 1. The summed E-state index contributed by atoms with van der Waals surface area (Å²) in [4.78, 5) is 42.9. The molecular formula is C45H68N6O13. The highest BCUT2D eigenvalue weighted by molar-refractivity contribution is 5.82. The quantitative estimate of drug-likeness (QED) is 0.101. The highest BCUT2D eigenvalue weighted by Gasteiger charge is 2.54. The van der Waals surface area contributed by atoms with Crippen LogP contribution in [0.2, 0.25) is 0 Å². The molecule has 64 heavy (non-hydrogen) atoms. The van der Waals surface area contributed by atoms with E-state index in [4.69, 9.17) is 23.7 Å². The third-order valence-corrected chi connectivity index (χ3v) is 13.7. The zero-order chi connectivity index (χ0) is 45.5. The minimum atomic E-state index is -1.70. The van der Waals surface area contributed by atoms with Gasteiger partial charge in [0.25, 0.3) is 5.91 Å². The molecule has 356 valence electrons. The first-order chi connectivity index (χ1) is 30.9. The van der Waals surface area contributed by atoms with Crippen molar-refractivity contribution < 1.29 is 63.6 Å². The number of nitrogens with zero attached hydrogens (tertiary/aromatic N) is 4. The van der Waals surface area contributed by atoms with Crippen molar-refractivity contribution in [2.45, 2.75) is 170 Å². The molecule has 2 aliphatic carbocycles. The van der Waals surface area contributed by atoms with Crippen molar-refractivity contribution in [3.8, 4) is 11.3 Å². The molecule has 5 fully saturated rings. The second kappa shape index (κ2) is 22.3. The van der Waals surface area contributed by atoms with E-state index in [-0.39, 0.29) is 36.9 Å². The number of ketones is 1. The van der Waals surface area contributed by atoms with Crippen LogP contribution in [-0.4, -0.2) is 176 Å². The van der Waals surface area contributed by atoms with Crippen molar-refractivity contribution in [2.75, 3.05) is 33.3 Å². The summed E-state index contributed by atoms with van der Waals surface area (Å²) < 4.78 is 34.1.